The fourth-order valence-corrected chi connectivity index (χ4v) is 4.66. The topological polar surface area (TPSA) is 51.0 Å². The van der Waals surface area contributed by atoms with Gasteiger partial charge in [-0.25, -0.2) is 8.42 Å². The number of nitrogens with zero attached hydrogens (tertiary/aromatic N) is 1. The molecular weight excluding hydrogens is 335 g/mol. The van der Waals surface area contributed by atoms with E-state index in [0.29, 0.717) is 18.8 Å². The SMILES string of the molecule is CC[NH+]1CCN(S(=O)(=O)c2ccc(OC)c(Cl)c2Cl)CC1. The molecule has 118 valence electrons. The third-order valence-electron chi connectivity index (χ3n) is 3.78. The first-order valence-electron chi connectivity index (χ1n) is 6.77. The van der Waals surface area contributed by atoms with Crippen molar-refractivity contribution in [2.75, 3.05) is 39.8 Å². The zero-order valence-electron chi connectivity index (χ0n) is 12.0. The molecule has 0 amide bonds. The zero-order chi connectivity index (χ0) is 15.6. The van der Waals surface area contributed by atoms with Crippen LogP contribution in [0.25, 0.3) is 0 Å². The Labute approximate surface area is 135 Å². The Bertz CT molecular complexity index is 614. The van der Waals surface area contributed by atoms with Crippen LogP contribution < -0.4 is 9.64 Å². The third-order valence-corrected chi connectivity index (χ3v) is 6.70. The molecule has 1 fully saturated rings. The van der Waals surface area contributed by atoms with E-state index in [0.717, 1.165) is 19.6 Å². The fraction of sp³-hybridized carbons (Fsp3) is 0.538. The van der Waals surface area contributed by atoms with Crippen LogP contribution in [0.3, 0.4) is 0 Å². The summed E-state index contributed by atoms with van der Waals surface area (Å²) >= 11 is 12.2. The average molecular weight is 354 g/mol. The predicted molar refractivity (Wildman–Crippen MR) is 83.0 cm³/mol. The van der Waals surface area contributed by atoms with Crippen LogP contribution in [-0.4, -0.2) is 52.6 Å². The highest BCUT2D eigenvalue weighted by atomic mass is 35.5. The highest BCUT2D eigenvalue weighted by Gasteiger charge is 2.32. The number of hydrogen-bond acceptors (Lipinski definition) is 3. The van der Waals surface area contributed by atoms with Crippen molar-refractivity contribution in [2.24, 2.45) is 0 Å². The molecule has 5 nitrogen and oxygen atoms in total. The maximum absolute atomic E-state index is 12.7. The smallest absolute Gasteiger partial charge is 0.245 e. The lowest BCUT2D eigenvalue weighted by Gasteiger charge is -2.31. The van der Waals surface area contributed by atoms with Crippen LogP contribution in [0.15, 0.2) is 17.0 Å². The van der Waals surface area contributed by atoms with Gasteiger partial charge in [-0.3, -0.25) is 0 Å². The first-order chi connectivity index (χ1) is 9.91. The number of hydrogen-bond donors (Lipinski definition) is 1. The molecular formula is C13H19Cl2N2O3S+. The van der Waals surface area contributed by atoms with Crippen molar-refractivity contribution in [3.8, 4) is 5.75 Å². The molecule has 0 aliphatic carbocycles. The molecule has 1 aromatic rings. The first kappa shape index (κ1) is 16.8. The van der Waals surface area contributed by atoms with E-state index in [4.69, 9.17) is 27.9 Å². The van der Waals surface area contributed by atoms with Gasteiger partial charge in [-0.1, -0.05) is 23.2 Å². The van der Waals surface area contributed by atoms with Crippen molar-refractivity contribution in [2.45, 2.75) is 11.8 Å². The zero-order valence-corrected chi connectivity index (χ0v) is 14.4. The summed E-state index contributed by atoms with van der Waals surface area (Å²) < 4.78 is 31.9. The highest BCUT2D eigenvalue weighted by Crippen LogP contribution is 2.37. The number of piperazine rings is 1. The quantitative estimate of drug-likeness (QED) is 0.875. The van der Waals surface area contributed by atoms with Crippen LogP contribution >= 0.6 is 23.2 Å². The number of likely N-dealkylation sites (N-methyl/N-ethyl adjacent to an activating group) is 1. The van der Waals surface area contributed by atoms with Gasteiger partial charge in [0.25, 0.3) is 0 Å². The van der Waals surface area contributed by atoms with E-state index < -0.39 is 10.0 Å². The number of benzene rings is 1. The largest absolute Gasteiger partial charge is 0.495 e. The predicted octanol–water partition coefficient (Wildman–Crippen LogP) is 0.911. The lowest BCUT2D eigenvalue weighted by Crippen LogP contribution is -3.14. The number of methoxy groups -OCH3 is 1. The summed E-state index contributed by atoms with van der Waals surface area (Å²) in [5, 5.41) is 0.138. The van der Waals surface area contributed by atoms with E-state index in [1.165, 1.54) is 28.4 Å². The fourth-order valence-electron chi connectivity index (χ4n) is 2.41. The Kier molecular flexibility index (Phi) is 5.38. The first-order valence-corrected chi connectivity index (χ1v) is 8.97. The molecule has 1 aliphatic rings. The molecule has 0 radical (unpaired) electrons. The van der Waals surface area contributed by atoms with Crippen molar-refractivity contribution in [1.82, 2.24) is 4.31 Å². The molecule has 21 heavy (non-hydrogen) atoms. The molecule has 1 aromatic carbocycles. The minimum absolute atomic E-state index is 0.0151. The van der Waals surface area contributed by atoms with Crippen LogP contribution in [0.1, 0.15) is 6.92 Å². The van der Waals surface area contributed by atoms with Gasteiger partial charge < -0.3 is 9.64 Å². The van der Waals surface area contributed by atoms with Crippen molar-refractivity contribution >= 4 is 33.2 Å². The second-order valence-electron chi connectivity index (χ2n) is 4.90. The Morgan fingerprint density at radius 3 is 2.38 bits per heavy atom. The summed E-state index contributed by atoms with van der Waals surface area (Å²) in [5.41, 5.74) is 0. The van der Waals surface area contributed by atoms with Gasteiger partial charge in [-0.2, -0.15) is 4.31 Å². The third kappa shape index (κ3) is 3.29. The molecule has 1 saturated heterocycles. The Balaban J connectivity index is 2.31. The monoisotopic (exact) mass is 353 g/mol. The standard InChI is InChI=1S/C13H18Cl2N2O3S/c1-3-16-6-8-17(9-7-16)21(18,19)11-5-4-10(20-2)12(14)13(11)15/h4-5H,3,6-9H2,1-2H3/p+1. The number of ether oxygens (including phenoxy) is 1. The summed E-state index contributed by atoms with van der Waals surface area (Å²) in [4.78, 5) is 1.44. The summed E-state index contributed by atoms with van der Waals surface area (Å²) in [6, 6.07) is 2.97. The molecule has 0 spiro atoms. The summed E-state index contributed by atoms with van der Waals surface area (Å²) in [6.07, 6.45) is 0. The normalized spacial score (nSPS) is 17.9. The van der Waals surface area contributed by atoms with Crippen molar-refractivity contribution in [3.63, 3.8) is 0 Å². The van der Waals surface area contributed by atoms with Crippen LogP contribution in [-0.2, 0) is 10.0 Å². The van der Waals surface area contributed by atoms with Crippen molar-refractivity contribution in [3.05, 3.63) is 22.2 Å². The van der Waals surface area contributed by atoms with Gasteiger partial charge >= 0.3 is 0 Å². The Hall–Kier alpha value is -0.530. The molecule has 8 heteroatoms. The summed E-state index contributed by atoms with van der Waals surface area (Å²) in [6.45, 7) is 5.69. The molecule has 1 N–H and O–H groups in total. The number of sulfonamides is 1. The molecule has 1 aliphatic heterocycles. The van der Waals surface area contributed by atoms with E-state index in [2.05, 4.69) is 6.92 Å². The molecule has 1 heterocycles. The van der Waals surface area contributed by atoms with Crippen molar-refractivity contribution < 1.29 is 18.1 Å². The number of quaternary nitrogens is 1. The van der Waals surface area contributed by atoms with Crippen LogP contribution in [0.5, 0.6) is 5.75 Å². The van der Waals surface area contributed by atoms with Crippen LogP contribution in [0.4, 0.5) is 0 Å². The Morgan fingerprint density at radius 2 is 1.86 bits per heavy atom. The molecule has 2 rings (SSSR count). The second kappa shape index (κ2) is 6.71. The minimum atomic E-state index is -3.62. The maximum atomic E-state index is 12.7. The molecule has 0 atom stereocenters. The number of halogens is 2. The van der Waals surface area contributed by atoms with Gasteiger partial charge in [0, 0.05) is 0 Å². The van der Waals surface area contributed by atoms with E-state index in [1.54, 1.807) is 0 Å². The molecule has 0 bridgehead atoms. The van der Waals surface area contributed by atoms with Gasteiger partial charge in [-0.15, -0.1) is 0 Å². The van der Waals surface area contributed by atoms with Crippen LogP contribution in [0, 0.1) is 0 Å². The van der Waals surface area contributed by atoms with Gasteiger partial charge in [0.2, 0.25) is 10.0 Å². The van der Waals surface area contributed by atoms with Gasteiger partial charge in [0.1, 0.15) is 15.7 Å². The lowest BCUT2D eigenvalue weighted by molar-refractivity contribution is -0.901. The summed E-state index contributed by atoms with van der Waals surface area (Å²) in [7, 11) is -2.17. The lowest BCUT2D eigenvalue weighted by atomic mass is 10.3. The van der Waals surface area contributed by atoms with E-state index in [-0.39, 0.29) is 14.9 Å². The minimum Gasteiger partial charge on any atom is -0.495 e. The maximum Gasteiger partial charge on any atom is 0.245 e. The molecule has 0 saturated carbocycles. The van der Waals surface area contributed by atoms with E-state index in [1.807, 2.05) is 0 Å². The van der Waals surface area contributed by atoms with Gasteiger partial charge in [0.15, 0.2) is 0 Å². The molecule has 0 aromatic heterocycles. The second-order valence-corrected chi connectivity index (χ2v) is 7.56. The van der Waals surface area contributed by atoms with Crippen LogP contribution in [0.2, 0.25) is 10.0 Å². The van der Waals surface area contributed by atoms with E-state index in [9.17, 15) is 8.42 Å². The number of nitrogens with one attached hydrogen (secondary N) is 1. The average Bonchev–Trinajstić information content (AvgIpc) is 2.49. The Morgan fingerprint density at radius 1 is 1.24 bits per heavy atom. The number of rotatable bonds is 4. The summed E-state index contributed by atoms with van der Waals surface area (Å²) in [5.74, 6) is 0.362. The van der Waals surface area contributed by atoms with Gasteiger partial charge in [0.05, 0.1) is 44.9 Å². The highest BCUT2D eigenvalue weighted by molar-refractivity contribution is 7.89. The van der Waals surface area contributed by atoms with Gasteiger partial charge in [-0.05, 0) is 19.1 Å². The molecule has 0 unspecified atom stereocenters. The van der Waals surface area contributed by atoms with Crippen molar-refractivity contribution in [1.29, 1.82) is 0 Å². The van der Waals surface area contributed by atoms with E-state index >= 15 is 0 Å².